The largest absolute Gasteiger partial charge is 0.511 e. The molecule has 5 rings (SSSR count). The van der Waals surface area contributed by atoms with Crippen molar-refractivity contribution in [3.05, 3.63) is 81.1 Å². The third kappa shape index (κ3) is 4.28. The number of amides is 2. The highest BCUT2D eigenvalue weighted by molar-refractivity contribution is 6.24. The first-order valence-electron chi connectivity index (χ1n) is 13.2. The summed E-state index contributed by atoms with van der Waals surface area (Å²) in [7, 11) is 0. The van der Waals surface area contributed by atoms with Crippen molar-refractivity contribution in [2.24, 2.45) is 17.6 Å². The molecule has 7 N–H and O–H groups in total. The molecule has 3 atom stereocenters. The van der Waals surface area contributed by atoms with Gasteiger partial charge >= 0.3 is 0 Å². The standard InChI is InChI=1S/C30H31N3O8/c1-29(2,3)18-9-15(12-33-28(40)13-5-4-6-32-11-13)17-8-14-7-16-10-19(34)22(27(31)39)26(38)30(16,41)25(37)20(14)24(36)21(17)23(18)35/h4-6,9,11,14,16,34-35,37,41H,7-8,10,12H2,1-3H3,(H2,31,39)(H,33,40)/t14-,16+,30+/m1/s1. The van der Waals surface area contributed by atoms with Gasteiger partial charge in [-0.25, -0.2) is 0 Å². The number of rotatable bonds is 4. The number of aromatic nitrogens is 1. The summed E-state index contributed by atoms with van der Waals surface area (Å²) in [6.45, 7) is 5.57. The molecule has 3 aliphatic rings. The van der Waals surface area contributed by atoms with E-state index in [0.29, 0.717) is 22.3 Å². The lowest BCUT2D eigenvalue weighted by Gasteiger charge is -2.46. The van der Waals surface area contributed by atoms with Crippen molar-refractivity contribution in [2.75, 3.05) is 0 Å². The van der Waals surface area contributed by atoms with Crippen LogP contribution in [0.25, 0.3) is 0 Å². The third-order valence-corrected chi connectivity index (χ3v) is 8.33. The van der Waals surface area contributed by atoms with Crippen LogP contribution in [-0.2, 0) is 28.0 Å². The normalized spacial score (nSPS) is 24.0. The Morgan fingerprint density at radius 1 is 1.17 bits per heavy atom. The van der Waals surface area contributed by atoms with E-state index in [-0.39, 0.29) is 48.6 Å². The molecule has 0 aliphatic heterocycles. The number of aliphatic hydroxyl groups is 3. The summed E-state index contributed by atoms with van der Waals surface area (Å²) in [6, 6.07) is 4.99. The molecule has 1 aromatic carbocycles. The van der Waals surface area contributed by atoms with Crippen molar-refractivity contribution in [3.8, 4) is 5.75 Å². The molecule has 11 heteroatoms. The van der Waals surface area contributed by atoms with Gasteiger partial charge in [-0.15, -0.1) is 0 Å². The highest BCUT2D eigenvalue weighted by Gasteiger charge is 2.59. The van der Waals surface area contributed by atoms with Crippen LogP contribution in [0.1, 0.15) is 71.0 Å². The van der Waals surface area contributed by atoms with Crippen LogP contribution in [0.15, 0.2) is 53.3 Å². The van der Waals surface area contributed by atoms with Crippen LogP contribution in [0.2, 0.25) is 0 Å². The Morgan fingerprint density at radius 3 is 2.49 bits per heavy atom. The molecule has 0 spiro atoms. The number of aromatic hydroxyl groups is 1. The van der Waals surface area contributed by atoms with E-state index in [4.69, 9.17) is 5.73 Å². The minimum Gasteiger partial charge on any atom is -0.511 e. The molecule has 0 saturated carbocycles. The zero-order chi connectivity index (χ0) is 30.0. The van der Waals surface area contributed by atoms with Gasteiger partial charge < -0.3 is 31.5 Å². The molecule has 0 unspecified atom stereocenters. The number of carbonyl (C=O) groups is 4. The molecular weight excluding hydrogens is 530 g/mol. The van der Waals surface area contributed by atoms with E-state index in [1.165, 1.54) is 6.20 Å². The lowest BCUT2D eigenvalue weighted by Crippen LogP contribution is -2.57. The second kappa shape index (κ2) is 9.55. The number of phenols is 1. The topological polar surface area (TPSA) is 200 Å². The van der Waals surface area contributed by atoms with E-state index in [1.54, 1.807) is 24.4 Å². The second-order valence-corrected chi connectivity index (χ2v) is 11.9. The van der Waals surface area contributed by atoms with Gasteiger partial charge in [0.05, 0.1) is 11.1 Å². The summed E-state index contributed by atoms with van der Waals surface area (Å²) in [4.78, 5) is 55.8. The first kappa shape index (κ1) is 28.0. The Balaban J connectivity index is 1.63. The predicted octanol–water partition coefficient (Wildman–Crippen LogP) is 2.20. The third-order valence-electron chi connectivity index (χ3n) is 8.33. The number of allylic oxidation sites excluding steroid dienone is 2. The Bertz CT molecular complexity index is 1580. The number of nitrogens with zero attached hydrogens (tertiary/aromatic N) is 1. The number of ketones is 2. The van der Waals surface area contributed by atoms with E-state index in [2.05, 4.69) is 10.3 Å². The summed E-state index contributed by atoms with van der Waals surface area (Å²) >= 11 is 0. The quantitative estimate of drug-likeness (QED) is 0.303. The van der Waals surface area contributed by atoms with E-state index in [9.17, 15) is 39.6 Å². The Morgan fingerprint density at radius 2 is 1.88 bits per heavy atom. The smallest absolute Gasteiger partial charge is 0.255 e. The molecule has 2 aromatic rings. The lowest BCUT2D eigenvalue weighted by molar-refractivity contribution is -0.144. The van der Waals surface area contributed by atoms with Crippen LogP contribution in [0.3, 0.4) is 0 Å². The fourth-order valence-electron chi connectivity index (χ4n) is 6.27. The van der Waals surface area contributed by atoms with Crippen molar-refractivity contribution in [2.45, 2.75) is 57.6 Å². The number of benzene rings is 1. The lowest BCUT2D eigenvalue weighted by atomic mass is 9.60. The summed E-state index contributed by atoms with van der Waals surface area (Å²) in [6.07, 6.45) is 2.83. The highest BCUT2D eigenvalue weighted by atomic mass is 16.3. The number of phenolic OH excluding ortho intramolecular Hbond substituents is 1. The summed E-state index contributed by atoms with van der Waals surface area (Å²) < 4.78 is 0. The van der Waals surface area contributed by atoms with Crippen LogP contribution in [0, 0.1) is 11.8 Å². The molecule has 1 heterocycles. The number of aliphatic hydroxyl groups excluding tert-OH is 2. The number of hydrogen-bond donors (Lipinski definition) is 6. The maximum Gasteiger partial charge on any atom is 0.255 e. The highest BCUT2D eigenvalue weighted by Crippen LogP contribution is 2.52. The minimum absolute atomic E-state index is 0.0200. The van der Waals surface area contributed by atoms with E-state index in [1.807, 2.05) is 20.8 Å². The van der Waals surface area contributed by atoms with Gasteiger partial charge in [-0.1, -0.05) is 20.8 Å². The fourth-order valence-corrected chi connectivity index (χ4v) is 6.27. The van der Waals surface area contributed by atoms with Gasteiger partial charge in [0, 0.05) is 42.4 Å². The van der Waals surface area contributed by atoms with Crippen LogP contribution >= 0.6 is 0 Å². The number of nitrogens with two attached hydrogens (primary N) is 1. The summed E-state index contributed by atoms with van der Waals surface area (Å²) in [5.41, 5.74) is 2.70. The number of hydrogen-bond acceptors (Lipinski definition) is 9. The van der Waals surface area contributed by atoms with Crippen molar-refractivity contribution in [1.82, 2.24) is 10.3 Å². The van der Waals surface area contributed by atoms with Gasteiger partial charge in [0.15, 0.2) is 11.4 Å². The molecular formula is C30H31N3O8. The molecule has 1 aromatic heterocycles. The Kier molecular flexibility index (Phi) is 6.53. The van der Waals surface area contributed by atoms with Gasteiger partial charge in [0.1, 0.15) is 22.8 Å². The molecule has 0 fully saturated rings. The Hall–Kier alpha value is -4.51. The molecule has 0 saturated heterocycles. The zero-order valence-electron chi connectivity index (χ0n) is 22.8. The van der Waals surface area contributed by atoms with Crippen molar-refractivity contribution >= 4 is 23.4 Å². The van der Waals surface area contributed by atoms with E-state index >= 15 is 0 Å². The fraction of sp³-hybridized carbons (Fsp3) is 0.367. The number of primary amides is 1. The first-order valence-corrected chi connectivity index (χ1v) is 13.2. The van der Waals surface area contributed by atoms with E-state index < -0.39 is 57.4 Å². The van der Waals surface area contributed by atoms with Crippen molar-refractivity contribution in [1.29, 1.82) is 0 Å². The molecule has 214 valence electrons. The van der Waals surface area contributed by atoms with Crippen molar-refractivity contribution in [3.63, 3.8) is 0 Å². The number of Topliss-reactive ketones (excluding diaryl/α,β-unsaturated/α-hetero) is 2. The number of pyridine rings is 1. The maximum atomic E-state index is 14.0. The average Bonchev–Trinajstić information content (AvgIpc) is 2.89. The summed E-state index contributed by atoms with van der Waals surface area (Å²) in [5.74, 6) is -7.17. The van der Waals surface area contributed by atoms with Crippen LogP contribution < -0.4 is 11.1 Å². The molecule has 41 heavy (non-hydrogen) atoms. The van der Waals surface area contributed by atoms with Gasteiger partial charge in [-0.05, 0) is 53.5 Å². The molecule has 2 amide bonds. The van der Waals surface area contributed by atoms with Gasteiger partial charge in [-0.2, -0.15) is 0 Å². The Labute approximate surface area is 235 Å². The van der Waals surface area contributed by atoms with Crippen molar-refractivity contribution < 1.29 is 39.6 Å². The van der Waals surface area contributed by atoms with Crippen LogP contribution in [-0.4, -0.2) is 54.4 Å². The molecule has 0 radical (unpaired) electrons. The monoisotopic (exact) mass is 561 g/mol. The molecule has 0 bridgehead atoms. The number of nitrogens with one attached hydrogen (secondary N) is 1. The second-order valence-electron chi connectivity index (χ2n) is 11.9. The molecule has 11 nitrogen and oxygen atoms in total. The minimum atomic E-state index is -2.63. The summed E-state index contributed by atoms with van der Waals surface area (Å²) in [5, 5.41) is 47.3. The van der Waals surface area contributed by atoms with E-state index in [0.717, 1.165) is 0 Å². The van der Waals surface area contributed by atoms with Gasteiger partial charge in [0.25, 0.3) is 11.8 Å². The van der Waals surface area contributed by atoms with Crippen LogP contribution in [0.4, 0.5) is 0 Å². The first-order chi connectivity index (χ1) is 19.2. The predicted molar refractivity (Wildman–Crippen MR) is 145 cm³/mol. The molecule has 3 aliphatic carbocycles. The van der Waals surface area contributed by atoms with Crippen LogP contribution in [0.5, 0.6) is 5.75 Å². The number of fused-ring (bicyclic) bond motifs is 3. The number of carbonyl (C=O) groups excluding carboxylic acids is 4. The maximum absolute atomic E-state index is 14.0. The average molecular weight is 562 g/mol. The van der Waals surface area contributed by atoms with Gasteiger partial charge in [0.2, 0.25) is 5.78 Å². The zero-order valence-corrected chi connectivity index (χ0v) is 22.8. The SMILES string of the molecule is CC(C)(C)c1cc(CNC(=O)c2cccnc2)c2c(c1O)C(=O)C1=C(O)[C@]3(O)C(=O)C(C(N)=O)=C(O)C[C@@H]3C[C@@H]1C2. The van der Waals surface area contributed by atoms with Gasteiger partial charge in [-0.3, -0.25) is 24.2 Å².